The Labute approximate surface area is 150 Å². The van der Waals surface area contributed by atoms with Gasteiger partial charge in [0.1, 0.15) is 0 Å². The molecule has 2 aliphatic rings. The molecule has 0 aromatic heterocycles. The van der Waals surface area contributed by atoms with E-state index in [-0.39, 0.29) is 11.8 Å². The summed E-state index contributed by atoms with van der Waals surface area (Å²) < 4.78 is 27.4. The number of hydrogen-bond acceptors (Lipinski definition) is 3. The van der Waals surface area contributed by atoms with Crippen LogP contribution in [0.25, 0.3) is 0 Å². The van der Waals surface area contributed by atoms with Gasteiger partial charge in [-0.25, -0.2) is 8.42 Å². The second kappa shape index (κ2) is 7.46. The van der Waals surface area contributed by atoms with Crippen LogP contribution in [0.15, 0.2) is 23.1 Å². The monoisotopic (exact) mass is 364 g/mol. The van der Waals surface area contributed by atoms with E-state index in [1.807, 2.05) is 26.0 Å². The quantitative estimate of drug-likeness (QED) is 0.893. The Bertz CT molecular complexity index is 731. The van der Waals surface area contributed by atoms with Gasteiger partial charge in [0.15, 0.2) is 0 Å². The molecule has 1 saturated heterocycles. The first kappa shape index (κ1) is 18.4. The number of benzene rings is 1. The fourth-order valence-electron chi connectivity index (χ4n) is 3.87. The highest BCUT2D eigenvalue weighted by molar-refractivity contribution is 7.89. The van der Waals surface area contributed by atoms with Crippen molar-refractivity contribution in [1.82, 2.24) is 9.62 Å². The van der Waals surface area contributed by atoms with Gasteiger partial charge in [-0.2, -0.15) is 4.31 Å². The first-order chi connectivity index (χ1) is 11.9. The van der Waals surface area contributed by atoms with Crippen molar-refractivity contribution in [1.29, 1.82) is 0 Å². The van der Waals surface area contributed by atoms with Crippen LogP contribution in [0.3, 0.4) is 0 Å². The first-order valence-electron chi connectivity index (χ1n) is 9.25. The van der Waals surface area contributed by atoms with E-state index in [2.05, 4.69) is 5.32 Å². The van der Waals surface area contributed by atoms with E-state index in [4.69, 9.17) is 0 Å². The molecule has 1 N–H and O–H groups in total. The molecule has 6 heteroatoms. The average Bonchev–Trinajstić information content (AvgIpc) is 3.10. The van der Waals surface area contributed by atoms with Gasteiger partial charge in [-0.1, -0.05) is 25.0 Å². The minimum atomic E-state index is -3.49. The van der Waals surface area contributed by atoms with Crippen molar-refractivity contribution in [2.75, 3.05) is 13.1 Å². The molecule has 1 saturated carbocycles. The van der Waals surface area contributed by atoms with E-state index < -0.39 is 10.0 Å². The maximum Gasteiger partial charge on any atom is 0.243 e. The zero-order valence-electron chi connectivity index (χ0n) is 15.1. The molecule has 0 unspecified atom stereocenters. The normalized spacial score (nSPS) is 20.7. The van der Waals surface area contributed by atoms with Gasteiger partial charge in [0.25, 0.3) is 0 Å². The summed E-state index contributed by atoms with van der Waals surface area (Å²) in [5.41, 5.74) is 1.71. The maximum absolute atomic E-state index is 12.9. The second-order valence-electron chi connectivity index (χ2n) is 7.44. The van der Waals surface area contributed by atoms with Crippen molar-refractivity contribution >= 4 is 15.9 Å². The van der Waals surface area contributed by atoms with E-state index in [1.165, 1.54) is 17.1 Å². The standard InChI is InChI=1S/C19H28N2O3S/c1-14-7-8-15(2)18(13-14)25(23,24)21-11-9-16(10-12-21)19(22)20-17-5-3-4-6-17/h7-8,13,16-17H,3-6,9-12H2,1-2H3,(H,20,22). The molecule has 1 heterocycles. The fourth-order valence-corrected chi connectivity index (χ4v) is 5.65. The van der Waals surface area contributed by atoms with E-state index in [9.17, 15) is 13.2 Å². The summed E-state index contributed by atoms with van der Waals surface area (Å²) in [5.74, 6) is 0.0429. The van der Waals surface area contributed by atoms with Crippen LogP contribution in [0.5, 0.6) is 0 Å². The number of rotatable bonds is 4. The third-order valence-electron chi connectivity index (χ3n) is 5.49. The molecule has 1 aliphatic heterocycles. The fraction of sp³-hybridized carbons (Fsp3) is 0.632. The van der Waals surface area contributed by atoms with Crippen molar-refractivity contribution in [2.24, 2.45) is 5.92 Å². The smallest absolute Gasteiger partial charge is 0.243 e. The van der Waals surface area contributed by atoms with E-state index in [1.54, 1.807) is 6.07 Å². The molecule has 0 radical (unpaired) electrons. The summed E-state index contributed by atoms with van der Waals surface area (Å²) in [5, 5.41) is 3.14. The zero-order chi connectivity index (χ0) is 18.0. The molecule has 1 amide bonds. The van der Waals surface area contributed by atoms with E-state index in [0.717, 1.165) is 24.0 Å². The zero-order valence-corrected chi connectivity index (χ0v) is 15.9. The highest BCUT2D eigenvalue weighted by atomic mass is 32.2. The summed E-state index contributed by atoms with van der Waals surface area (Å²) in [4.78, 5) is 12.8. The highest BCUT2D eigenvalue weighted by Gasteiger charge is 2.33. The van der Waals surface area contributed by atoms with Crippen LogP contribution in [0.2, 0.25) is 0 Å². The lowest BCUT2D eigenvalue weighted by Crippen LogP contribution is -2.44. The Morgan fingerprint density at radius 3 is 2.36 bits per heavy atom. The van der Waals surface area contributed by atoms with Crippen molar-refractivity contribution in [3.63, 3.8) is 0 Å². The van der Waals surface area contributed by atoms with Crippen molar-refractivity contribution in [2.45, 2.75) is 63.3 Å². The third kappa shape index (κ3) is 4.06. The lowest BCUT2D eigenvalue weighted by Gasteiger charge is -2.31. The summed E-state index contributed by atoms with van der Waals surface area (Å²) >= 11 is 0. The molecule has 138 valence electrons. The van der Waals surface area contributed by atoms with Gasteiger partial charge >= 0.3 is 0 Å². The molecule has 1 aromatic rings. The Hall–Kier alpha value is -1.40. The minimum Gasteiger partial charge on any atom is -0.353 e. The average molecular weight is 365 g/mol. The number of amides is 1. The molecule has 5 nitrogen and oxygen atoms in total. The van der Waals surface area contributed by atoms with Gasteiger partial charge < -0.3 is 5.32 Å². The molecule has 0 atom stereocenters. The summed E-state index contributed by atoms with van der Waals surface area (Å²) in [6.07, 6.45) is 5.73. The topological polar surface area (TPSA) is 66.5 Å². The molecule has 2 fully saturated rings. The molecule has 0 spiro atoms. The van der Waals surface area contributed by atoms with E-state index in [0.29, 0.717) is 36.9 Å². The van der Waals surface area contributed by atoms with Gasteiger partial charge in [-0.15, -0.1) is 0 Å². The molecule has 0 bridgehead atoms. The van der Waals surface area contributed by atoms with Crippen molar-refractivity contribution in [3.8, 4) is 0 Å². The van der Waals surface area contributed by atoms with Crippen LogP contribution in [0, 0.1) is 19.8 Å². The number of nitrogens with zero attached hydrogens (tertiary/aromatic N) is 1. The van der Waals surface area contributed by atoms with Crippen LogP contribution in [-0.2, 0) is 14.8 Å². The predicted molar refractivity (Wildman–Crippen MR) is 97.8 cm³/mol. The highest BCUT2D eigenvalue weighted by Crippen LogP contribution is 2.27. The number of carbonyl (C=O) groups excluding carboxylic acids is 1. The Morgan fingerprint density at radius 2 is 1.72 bits per heavy atom. The molecule has 1 aromatic carbocycles. The Kier molecular flexibility index (Phi) is 5.49. The Balaban J connectivity index is 1.63. The first-order valence-corrected chi connectivity index (χ1v) is 10.7. The van der Waals surface area contributed by atoms with Crippen LogP contribution in [0.4, 0.5) is 0 Å². The van der Waals surface area contributed by atoms with Crippen LogP contribution >= 0.6 is 0 Å². The van der Waals surface area contributed by atoms with Crippen molar-refractivity contribution < 1.29 is 13.2 Å². The molecular weight excluding hydrogens is 336 g/mol. The maximum atomic E-state index is 12.9. The number of nitrogens with one attached hydrogen (secondary N) is 1. The second-order valence-corrected chi connectivity index (χ2v) is 9.34. The Morgan fingerprint density at radius 1 is 1.08 bits per heavy atom. The van der Waals surface area contributed by atoms with Gasteiger partial charge in [-0.3, -0.25) is 4.79 Å². The lowest BCUT2D eigenvalue weighted by molar-refractivity contribution is -0.126. The van der Waals surface area contributed by atoms with Gasteiger partial charge in [0.05, 0.1) is 4.90 Å². The molecular formula is C19H28N2O3S. The van der Waals surface area contributed by atoms with Gasteiger partial charge in [-0.05, 0) is 56.7 Å². The SMILES string of the molecule is Cc1ccc(C)c(S(=O)(=O)N2CCC(C(=O)NC3CCCC3)CC2)c1. The number of piperidine rings is 1. The van der Waals surface area contributed by atoms with Crippen LogP contribution in [0.1, 0.15) is 49.7 Å². The lowest BCUT2D eigenvalue weighted by atomic mass is 9.97. The van der Waals surface area contributed by atoms with Crippen LogP contribution < -0.4 is 5.32 Å². The largest absolute Gasteiger partial charge is 0.353 e. The summed E-state index contributed by atoms with van der Waals surface area (Å²) in [6, 6.07) is 5.84. The minimum absolute atomic E-state index is 0.0642. The van der Waals surface area contributed by atoms with E-state index >= 15 is 0 Å². The molecule has 1 aliphatic carbocycles. The molecule has 25 heavy (non-hydrogen) atoms. The predicted octanol–water partition coefficient (Wildman–Crippen LogP) is 2.76. The number of sulfonamides is 1. The third-order valence-corrected chi connectivity index (χ3v) is 7.53. The molecule has 3 rings (SSSR count). The summed E-state index contributed by atoms with van der Waals surface area (Å²) in [6.45, 7) is 4.56. The van der Waals surface area contributed by atoms with Gasteiger partial charge in [0, 0.05) is 25.0 Å². The number of hydrogen-bond donors (Lipinski definition) is 1. The summed E-state index contributed by atoms with van der Waals surface area (Å²) in [7, 11) is -3.49. The number of carbonyl (C=O) groups is 1. The van der Waals surface area contributed by atoms with Gasteiger partial charge in [0.2, 0.25) is 15.9 Å². The number of aryl methyl sites for hydroxylation is 2. The van der Waals surface area contributed by atoms with Crippen molar-refractivity contribution in [3.05, 3.63) is 29.3 Å². The van der Waals surface area contributed by atoms with Crippen LogP contribution in [-0.4, -0.2) is 37.8 Å².